The van der Waals surface area contributed by atoms with E-state index in [0.717, 1.165) is 11.6 Å². The summed E-state index contributed by atoms with van der Waals surface area (Å²) in [5, 5.41) is 11.4. The van der Waals surface area contributed by atoms with Crippen LogP contribution in [0.5, 0.6) is 11.5 Å². The van der Waals surface area contributed by atoms with Crippen LogP contribution in [0.25, 0.3) is 0 Å². The minimum atomic E-state index is -0.787. The molecule has 1 saturated heterocycles. The molecule has 2 aromatic carbocycles. The second kappa shape index (κ2) is 8.34. The van der Waals surface area contributed by atoms with Crippen LogP contribution < -0.4 is 14.4 Å². The molecule has 1 aliphatic heterocycles. The lowest BCUT2D eigenvalue weighted by atomic mass is 10.1. The Morgan fingerprint density at radius 3 is 2.31 bits per heavy atom. The SMILES string of the molecule is COc1cc(C(=O)N2CCN(c3cc(OC)c(F)cc3[N+](=O)[O-])CC2)ccc1C. The van der Waals surface area contributed by atoms with Crippen LogP contribution in [0.2, 0.25) is 0 Å². The maximum Gasteiger partial charge on any atom is 0.295 e. The molecule has 0 radical (unpaired) electrons. The van der Waals surface area contributed by atoms with Crippen LogP contribution in [0.3, 0.4) is 0 Å². The van der Waals surface area contributed by atoms with Crippen molar-refractivity contribution >= 4 is 17.3 Å². The molecule has 1 fully saturated rings. The molecule has 0 atom stereocenters. The van der Waals surface area contributed by atoms with E-state index in [1.54, 1.807) is 29.0 Å². The Hall–Kier alpha value is -3.36. The smallest absolute Gasteiger partial charge is 0.295 e. The fourth-order valence-electron chi connectivity index (χ4n) is 3.37. The van der Waals surface area contributed by atoms with Gasteiger partial charge in [0, 0.05) is 37.8 Å². The van der Waals surface area contributed by atoms with Gasteiger partial charge in [0.2, 0.25) is 0 Å². The summed E-state index contributed by atoms with van der Waals surface area (Å²) in [4.78, 5) is 27.0. The number of rotatable bonds is 5. The summed E-state index contributed by atoms with van der Waals surface area (Å²) < 4.78 is 24.1. The largest absolute Gasteiger partial charge is 0.496 e. The number of amides is 1. The molecular weight excluding hydrogens is 381 g/mol. The molecule has 0 bridgehead atoms. The molecule has 1 aliphatic rings. The Morgan fingerprint density at radius 1 is 1.07 bits per heavy atom. The maximum atomic E-state index is 13.9. The molecule has 9 heteroatoms. The highest BCUT2D eigenvalue weighted by atomic mass is 19.1. The highest BCUT2D eigenvalue weighted by molar-refractivity contribution is 5.95. The lowest BCUT2D eigenvalue weighted by Crippen LogP contribution is -2.49. The van der Waals surface area contributed by atoms with E-state index < -0.39 is 10.7 Å². The third-order valence-electron chi connectivity index (χ3n) is 5.01. The van der Waals surface area contributed by atoms with E-state index in [1.807, 2.05) is 13.0 Å². The van der Waals surface area contributed by atoms with Gasteiger partial charge in [0.25, 0.3) is 11.6 Å². The molecule has 0 aliphatic carbocycles. The molecule has 154 valence electrons. The summed E-state index contributed by atoms with van der Waals surface area (Å²) in [6, 6.07) is 7.48. The number of carbonyl (C=O) groups is 1. The van der Waals surface area contributed by atoms with Gasteiger partial charge in [-0.1, -0.05) is 6.07 Å². The number of anilines is 1. The third-order valence-corrected chi connectivity index (χ3v) is 5.01. The van der Waals surface area contributed by atoms with Gasteiger partial charge in [-0.05, 0) is 24.6 Å². The van der Waals surface area contributed by atoms with Gasteiger partial charge in [0.15, 0.2) is 11.6 Å². The molecule has 0 unspecified atom stereocenters. The van der Waals surface area contributed by atoms with E-state index >= 15 is 0 Å². The van der Waals surface area contributed by atoms with Gasteiger partial charge in [0.1, 0.15) is 11.4 Å². The Kier molecular flexibility index (Phi) is 5.86. The topological polar surface area (TPSA) is 85.2 Å². The number of piperazine rings is 1. The zero-order valence-corrected chi connectivity index (χ0v) is 16.5. The summed E-state index contributed by atoms with van der Waals surface area (Å²) in [7, 11) is 2.86. The number of nitrogens with zero attached hydrogens (tertiary/aromatic N) is 3. The first-order valence-corrected chi connectivity index (χ1v) is 9.06. The molecule has 3 rings (SSSR count). The van der Waals surface area contributed by atoms with E-state index in [9.17, 15) is 19.3 Å². The average Bonchev–Trinajstić information content (AvgIpc) is 2.73. The predicted molar refractivity (Wildman–Crippen MR) is 105 cm³/mol. The number of hydrogen-bond acceptors (Lipinski definition) is 6. The van der Waals surface area contributed by atoms with Crippen molar-refractivity contribution in [2.75, 3.05) is 45.3 Å². The molecule has 1 heterocycles. The summed E-state index contributed by atoms with van der Waals surface area (Å²) >= 11 is 0. The number of benzene rings is 2. The lowest BCUT2D eigenvalue weighted by Gasteiger charge is -2.36. The minimum absolute atomic E-state index is 0.0594. The number of ether oxygens (including phenoxy) is 2. The van der Waals surface area contributed by atoms with E-state index in [4.69, 9.17) is 9.47 Å². The number of halogens is 1. The van der Waals surface area contributed by atoms with Crippen LogP contribution in [-0.4, -0.2) is 56.1 Å². The first kappa shape index (κ1) is 20.4. The van der Waals surface area contributed by atoms with Crippen molar-refractivity contribution in [3.05, 3.63) is 57.4 Å². The van der Waals surface area contributed by atoms with Gasteiger partial charge >= 0.3 is 0 Å². The number of nitro benzene ring substituents is 1. The normalized spacial score (nSPS) is 13.9. The van der Waals surface area contributed by atoms with Crippen LogP contribution in [0.1, 0.15) is 15.9 Å². The summed E-state index contributed by atoms with van der Waals surface area (Å²) in [5.74, 6) is -0.335. The molecule has 29 heavy (non-hydrogen) atoms. The number of nitro groups is 1. The van der Waals surface area contributed by atoms with Gasteiger partial charge in [-0.15, -0.1) is 0 Å². The van der Waals surface area contributed by atoms with Crippen LogP contribution in [0.4, 0.5) is 15.8 Å². The van der Waals surface area contributed by atoms with Crippen molar-refractivity contribution in [3.8, 4) is 11.5 Å². The molecule has 8 nitrogen and oxygen atoms in total. The third kappa shape index (κ3) is 4.08. The zero-order valence-electron chi connectivity index (χ0n) is 16.5. The second-order valence-electron chi connectivity index (χ2n) is 6.70. The highest BCUT2D eigenvalue weighted by Crippen LogP contribution is 2.35. The summed E-state index contributed by atoms with van der Waals surface area (Å²) in [6.07, 6.45) is 0. The Balaban J connectivity index is 1.77. The van der Waals surface area contributed by atoms with Gasteiger partial charge in [-0.2, -0.15) is 0 Å². The molecule has 2 aromatic rings. The van der Waals surface area contributed by atoms with Crippen molar-refractivity contribution in [1.29, 1.82) is 0 Å². The van der Waals surface area contributed by atoms with Gasteiger partial charge in [-0.25, -0.2) is 4.39 Å². The van der Waals surface area contributed by atoms with Crippen molar-refractivity contribution < 1.29 is 23.6 Å². The Labute approximate surface area is 167 Å². The van der Waals surface area contributed by atoms with Crippen molar-refractivity contribution in [2.45, 2.75) is 6.92 Å². The van der Waals surface area contributed by atoms with Gasteiger partial charge in [-0.3, -0.25) is 14.9 Å². The lowest BCUT2D eigenvalue weighted by molar-refractivity contribution is -0.384. The van der Waals surface area contributed by atoms with Gasteiger partial charge < -0.3 is 19.3 Å². The number of aryl methyl sites for hydroxylation is 1. The number of hydrogen-bond donors (Lipinski definition) is 0. The maximum absolute atomic E-state index is 13.9. The van der Waals surface area contributed by atoms with Crippen LogP contribution in [0, 0.1) is 22.9 Å². The molecule has 0 N–H and O–H groups in total. The molecular formula is C20H22FN3O5. The number of carbonyl (C=O) groups excluding carboxylic acids is 1. The van der Waals surface area contributed by atoms with E-state index in [1.165, 1.54) is 13.2 Å². The monoisotopic (exact) mass is 403 g/mol. The minimum Gasteiger partial charge on any atom is -0.496 e. The standard InChI is InChI=1S/C20H22FN3O5/c1-13-4-5-14(10-18(13)28-2)20(25)23-8-6-22(7-9-23)16-12-19(29-3)15(21)11-17(16)24(26)27/h4-5,10-12H,6-9H2,1-3H3. The van der Waals surface area contributed by atoms with Crippen LogP contribution in [0.15, 0.2) is 30.3 Å². The molecule has 0 spiro atoms. The molecule has 0 aromatic heterocycles. The highest BCUT2D eigenvalue weighted by Gasteiger charge is 2.28. The summed E-state index contributed by atoms with van der Waals surface area (Å²) in [6.45, 7) is 3.42. The van der Waals surface area contributed by atoms with Crippen molar-refractivity contribution in [2.24, 2.45) is 0 Å². The van der Waals surface area contributed by atoms with Gasteiger partial charge in [0.05, 0.1) is 25.2 Å². The Morgan fingerprint density at radius 2 is 1.72 bits per heavy atom. The molecule has 1 amide bonds. The van der Waals surface area contributed by atoms with E-state index in [0.29, 0.717) is 37.5 Å². The average molecular weight is 403 g/mol. The quantitative estimate of drug-likeness (QED) is 0.564. The zero-order chi connectivity index (χ0) is 21.1. The first-order chi connectivity index (χ1) is 13.8. The first-order valence-electron chi connectivity index (χ1n) is 9.06. The molecule has 0 saturated carbocycles. The van der Waals surface area contributed by atoms with E-state index in [-0.39, 0.29) is 23.0 Å². The van der Waals surface area contributed by atoms with Crippen LogP contribution >= 0.6 is 0 Å². The van der Waals surface area contributed by atoms with Crippen LogP contribution in [-0.2, 0) is 0 Å². The Bertz CT molecular complexity index is 942. The summed E-state index contributed by atoms with van der Waals surface area (Å²) in [5.41, 5.74) is 1.41. The fourth-order valence-corrected chi connectivity index (χ4v) is 3.37. The fraction of sp³-hybridized carbons (Fsp3) is 0.350. The predicted octanol–water partition coefficient (Wildman–Crippen LogP) is 3.02. The van der Waals surface area contributed by atoms with E-state index in [2.05, 4.69) is 0 Å². The number of methoxy groups -OCH3 is 2. The second-order valence-corrected chi connectivity index (χ2v) is 6.70. The van der Waals surface area contributed by atoms with Crippen molar-refractivity contribution in [1.82, 2.24) is 4.90 Å². The van der Waals surface area contributed by atoms with Crippen molar-refractivity contribution in [3.63, 3.8) is 0 Å².